The van der Waals surface area contributed by atoms with Crippen molar-refractivity contribution in [2.75, 3.05) is 7.11 Å². The number of carboxylic acid groups (broad SMARTS) is 1. The Kier molecular flexibility index (Phi) is 3.94. The first-order valence-electron chi connectivity index (χ1n) is 6.05. The Morgan fingerprint density at radius 2 is 2.10 bits per heavy atom. The lowest BCUT2D eigenvalue weighted by Gasteiger charge is -2.08. The van der Waals surface area contributed by atoms with Gasteiger partial charge in [-0.1, -0.05) is 0 Å². The summed E-state index contributed by atoms with van der Waals surface area (Å²) in [5.41, 5.74) is 0.832. The van der Waals surface area contributed by atoms with Gasteiger partial charge in [0, 0.05) is 4.70 Å². The maximum Gasteiger partial charge on any atom is 0.325 e. The Morgan fingerprint density at radius 1 is 1.40 bits per heavy atom. The molecule has 5 nitrogen and oxygen atoms in total. The number of carbonyl (C=O) groups excluding carboxylic acids is 1. The van der Waals surface area contributed by atoms with Crippen molar-refractivity contribution < 1.29 is 19.4 Å². The Bertz CT molecular complexity index is 677. The van der Waals surface area contributed by atoms with Gasteiger partial charge in [-0.2, -0.15) is 0 Å². The van der Waals surface area contributed by atoms with Crippen LogP contribution in [0.5, 0.6) is 5.75 Å². The van der Waals surface area contributed by atoms with Crippen LogP contribution in [0, 0.1) is 6.92 Å². The van der Waals surface area contributed by atoms with Gasteiger partial charge in [0.1, 0.15) is 11.8 Å². The summed E-state index contributed by atoms with van der Waals surface area (Å²) >= 11 is 1.34. The van der Waals surface area contributed by atoms with Crippen LogP contribution in [0.2, 0.25) is 0 Å². The second kappa shape index (κ2) is 5.50. The Hall–Kier alpha value is -2.08. The molecule has 0 bridgehead atoms. The van der Waals surface area contributed by atoms with Crippen LogP contribution in [0.25, 0.3) is 10.1 Å². The molecule has 2 rings (SSSR count). The maximum atomic E-state index is 12.1. The number of hydrogen-bond donors (Lipinski definition) is 2. The van der Waals surface area contributed by atoms with Gasteiger partial charge in [-0.15, -0.1) is 11.3 Å². The molecule has 0 saturated carbocycles. The van der Waals surface area contributed by atoms with E-state index in [0.29, 0.717) is 4.88 Å². The number of ether oxygens (including phenoxy) is 1. The predicted octanol–water partition coefficient (Wildman–Crippen LogP) is 2.42. The fourth-order valence-corrected chi connectivity index (χ4v) is 2.96. The standard InChI is InChI=1S/C14H15NO4S/c1-7-10-6-9(19-3)4-5-11(10)20-12(7)13(16)15-8(2)14(17)18/h4-6,8H,1-3H3,(H,15,16)(H,17,18). The highest BCUT2D eigenvalue weighted by atomic mass is 32.1. The molecule has 2 aromatic rings. The van der Waals surface area contributed by atoms with Gasteiger partial charge in [-0.05, 0) is 43.0 Å². The van der Waals surface area contributed by atoms with Crippen LogP contribution in [0.1, 0.15) is 22.2 Å². The molecule has 0 radical (unpaired) electrons. The number of thiophene rings is 1. The number of carboxylic acids is 1. The minimum Gasteiger partial charge on any atom is -0.497 e. The van der Waals surface area contributed by atoms with Crippen LogP contribution < -0.4 is 10.1 Å². The summed E-state index contributed by atoms with van der Waals surface area (Å²) in [7, 11) is 1.59. The zero-order valence-corrected chi connectivity index (χ0v) is 12.2. The first-order valence-corrected chi connectivity index (χ1v) is 6.86. The van der Waals surface area contributed by atoms with Gasteiger partial charge in [0.15, 0.2) is 0 Å². The highest BCUT2D eigenvalue weighted by molar-refractivity contribution is 7.21. The number of amides is 1. The molecule has 0 aliphatic heterocycles. The topological polar surface area (TPSA) is 75.6 Å². The third-order valence-electron chi connectivity index (χ3n) is 3.07. The van der Waals surface area contributed by atoms with Gasteiger partial charge in [0.2, 0.25) is 0 Å². The smallest absolute Gasteiger partial charge is 0.325 e. The summed E-state index contributed by atoms with van der Waals surface area (Å²) in [4.78, 5) is 23.4. The van der Waals surface area contributed by atoms with Gasteiger partial charge in [0.05, 0.1) is 12.0 Å². The number of nitrogens with one attached hydrogen (secondary N) is 1. The van der Waals surface area contributed by atoms with E-state index in [1.807, 2.05) is 25.1 Å². The monoisotopic (exact) mass is 293 g/mol. The second-order valence-corrected chi connectivity index (χ2v) is 5.50. The van der Waals surface area contributed by atoms with Gasteiger partial charge in [-0.3, -0.25) is 9.59 Å². The molecule has 0 fully saturated rings. The third kappa shape index (κ3) is 2.60. The number of fused-ring (bicyclic) bond motifs is 1. The van der Waals surface area contributed by atoms with Crippen LogP contribution in [0.3, 0.4) is 0 Å². The van der Waals surface area contributed by atoms with Crippen molar-refractivity contribution in [3.63, 3.8) is 0 Å². The van der Waals surface area contributed by atoms with E-state index < -0.39 is 12.0 Å². The minimum absolute atomic E-state index is 0.363. The van der Waals surface area contributed by atoms with E-state index >= 15 is 0 Å². The van der Waals surface area contributed by atoms with Gasteiger partial charge in [0.25, 0.3) is 5.91 Å². The highest BCUT2D eigenvalue weighted by Crippen LogP contribution is 2.33. The van der Waals surface area contributed by atoms with Crippen LogP contribution in [-0.4, -0.2) is 30.1 Å². The lowest BCUT2D eigenvalue weighted by Crippen LogP contribution is -2.38. The molecule has 0 aliphatic rings. The van der Waals surface area contributed by atoms with Crippen molar-refractivity contribution in [2.45, 2.75) is 19.9 Å². The molecule has 6 heteroatoms. The van der Waals surface area contributed by atoms with Crippen molar-refractivity contribution in [2.24, 2.45) is 0 Å². The molecule has 2 N–H and O–H groups in total. The predicted molar refractivity (Wildman–Crippen MR) is 77.7 cm³/mol. The van der Waals surface area contributed by atoms with Crippen LogP contribution >= 0.6 is 11.3 Å². The summed E-state index contributed by atoms with van der Waals surface area (Å²) in [6, 6.07) is 4.68. The zero-order valence-electron chi connectivity index (χ0n) is 11.4. The Morgan fingerprint density at radius 3 is 2.70 bits per heavy atom. The van der Waals surface area contributed by atoms with Crippen LogP contribution in [0.15, 0.2) is 18.2 Å². The summed E-state index contributed by atoms with van der Waals surface area (Å²) in [6.45, 7) is 3.28. The first kappa shape index (κ1) is 14.3. The average Bonchev–Trinajstić information content (AvgIpc) is 2.75. The SMILES string of the molecule is COc1ccc2sc(C(=O)NC(C)C(=O)O)c(C)c2c1. The maximum absolute atomic E-state index is 12.1. The molecule has 0 saturated heterocycles. The van der Waals surface area contributed by atoms with Crippen LogP contribution in [0.4, 0.5) is 0 Å². The fourth-order valence-electron chi connectivity index (χ4n) is 1.87. The third-order valence-corrected chi connectivity index (χ3v) is 4.34. The molecule has 1 amide bonds. The zero-order chi connectivity index (χ0) is 14.9. The lowest BCUT2D eigenvalue weighted by atomic mass is 10.1. The molecule has 1 atom stereocenters. The Balaban J connectivity index is 2.37. The summed E-state index contributed by atoms with van der Waals surface area (Å²) in [5.74, 6) is -0.694. The van der Waals surface area contributed by atoms with Crippen molar-refractivity contribution in [3.05, 3.63) is 28.6 Å². The molecule has 1 heterocycles. The number of aliphatic carboxylic acids is 1. The van der Waals surface area contributed by atoms with Crippen molar-refractivity contribution in [3.8, 4) is 5.75 Å². The minimum atomic E-state index is -1.06. The van der Waals surface area contributed by atoms with E-state index in [-0.39, 0.29) is 5.91 Å². The van der Waals surface area contributed by atoms with E-state index in [1.165, 1.54) is 18.3 Å². The molecular formula is C14H15NO4S. The lowest BCUT2D eigenvalue weighted by molar-refractivity contribution is -0.138. The molecule has 1 unspecified atom stereocenters. The molecule has 20 heavy (non-hydrogen) atoms. The fraction of sp³-hybridized carbons (Fsp3) is 0.286. The normalized spacial score (nSPS) is 12.2. The van der Waals surface area contributed by atoms with Gasteiger partial charge < -0.3 is 15.2 Å². The van der Waals surface area contributed by atoms with Gasteiger partial charge >= 0.3 is 5.97 Å². The van der Waals surface area contributed by atoms with E-state index in [2.05, 4.69) is 5.32 Å². The van der Waals surface area contributed by atoms with Crippen molar-refractivity contribution in [1.82, 2.24) is 5.32 Å². The molecular weight excluding hydrogens is 278 g/mol. The number of carbonyl (C=O) groups is 2. The van der Waals surface area contributed by atoms with Crippen LogP contribution in [-0.2, 0) is 4.79 Å². The van der Waals surface area contributed by atoms with Crippen molar-refractivity contribution in [1.29, 1.82) is 0 Å². The average molecular weight is 293 g/mol. The first-order chi connectivity index (χ1) is 9.43. The number of benzene rings is 1. The van der Waals surface area contributed by atoms with E-state index in [1.54, 1.807) is 7.11 Å². The van der Waals surface area contributed by atoms with Crippen molar-refractivity contribution >= 4 is 33.3 Å². The number of hydrogen-bond acceptors (Lipinski definition) is 4. The molecule has 106 valence electrons. The van der Waals surface area contributed by atoms with Gasteiger partial charge in [-0.25, -0.2) is 0 Å². The largest absolute Gasteiger partial charge is 0.497 e. The van der Waals surface area contributed by atoms with E-state index in [4.69, 9.17) is 9.84 Å². The molecule has 0 spiro atoms. The second-order valence-electron chi connectivity index (χ2n) is 4.45. The number of rotatable bonds is 4. The highest BCUT2D eigenvalue weighted by Gasteiger charge is 2.20. The summed E-state index contributed by atoms with van der Waals surface area (Å²) < 4.78 is 6.14. The molecule has 0 aliphatic carbocycles. The number of methoxy groups -OCH3 is 1. The Labute approximate surface area is 120 Å². The molecule has 1 aromatic heterocycles. The number of aryl methyl sites for hydroxylation is 1. The quantitative estimate of drug-likeness (QED) is 0.907. The molecule has 1 aromatic carbocycles. The summed E-state index contributed by atoms with van der Waals surface area (Å²) in [5, 5.41) is 12.2. The summed E-state index contributed by atoms with van der Waals surface area (Å²) in [6.07, 6.45) is 0. The van der Waals surface area contributed by atoms with E-state index in [9.17, 15) is 9.59 Å². The van der Waals surface area contributed by atoms with E-state index in [0.717, 1.165) is 21.4 Å².